The Morgan fingerprint density at radius 3 is 1.81 bits per heavy atom. The average Bonchev–Trinajstić information content (AvgIpc) is 3.79. The van der Waals surface area contributed by atoms with E-state index in [1.807, 2.05) is 6.20 Å². The number of allylic oxidation sites excluding steroid dienone is 1. The summed E-state index contributed by atoms with van der Waals surface area (Å²) in [6, 6.07) is 47.8. The zero-order chi connectivity index (χ0) is 42.1. The maximum Gasteiger partial charge on any atom is 0.241 e. The first-order chi connectivity index (χ1) is 27.8. The molecule has 0 saturated heterocycles. The molecular weight excluding hydrogens is 715 g/mol. The summed E-state index contributed by atoms with van der Waals surface area (Å²) in [5.41, 5.74) is 13.8. The van der Waals surface area contributed by atoms with Crippen LogP contribution in [0.15, 0.2) is 145 Å². The Balaban J connectivity index is 1.32. The molecule has 2 aromatic heterocycles. The molecule has 0 unspecified atom stereocenters. The number of pyridine rings is 1. The van der Waals surface area contributed by atoms with Crippen molar-refractivity contribution in [2.24, 2.45) is 5.41 Å². The number of aromatic nitrogens is 2. The summed E-state index contributed by atoms with van der Waals surface area (Å²) in [5, 5.41) is 2.47. The standard InChI is InChI=1S/C54H61BN4/c1-51(2,3)37-19-18-22-43(30-37)57-35-49(54(10,11)12)58(36-57)44-31-39(53(7,8)9)29-42(33-44)55(40-20-14-13-15-21-40)41-25-26-46-45-23-16-17-24-47(45)59(48(46)34-41)50-32-38(27-28-56-50)52(4,5)6/h13-35H,36H2,1-12H3. The summed E-state index contributed by atoms with van der Waals surface area (Å²) in [6.07, 6.45) is 4.35. The van der Waals surface area contributed by atoms with E-state index in [1.54, 1.807) is 0 Å². The molecular formula is C54H61BN4. The van der Waals surface area contributed by atoms with Crippen LogP contribution in [-0.2, 0) is 16.2 Å². The number of benzene rings is 5. The topological polar surface area (TPSA) is 24.3 Å². The van der Waals surface area contributed by atoms with Crippen LogP contribution in [0.5, 0.6) is 0 Å². The summed E-state index contributed by atoms with van der Waals surface area (Å²) < 4.78 is 2.37. The van der Waals surface area contributed by atoms with Crippen molar-refractivity contribution in [1.29, 1.82) is 0 Å². The molecule has 0 saturated carbocycles. The number of hydrogen-bond acceptors (Lipinski definition) is 3. The Kier molecular flexibility index (Phi) is 9.97. The van der Waals surface area contributed by atoms with Crippen molar-refractivity contribution in [1.82, 2.24) is 9.55 Å². The lowest BCUT2D eigenvalue weighted by atomic mass is 9.36. The Morgan fingerprint density at radius 2 is 1.12 bits per heavy atom. The van der Waals surface area contributed by atoms with Crippen LogP contribution in [0.4, 0.5) is 11.4 Å². The van der Waals surface area contributed by atoms with Gasteiger partial charge in [0.1, 0.15) is 5.82 Å². The predicted molar refractivity (Wildman–Crippen MR) is 256 cm³/mol. The van der Waals surface area contributed by atoms with E-state index < -0.39 is 0 Å². The fourth-order valence-corrected chi connectivity index (χ4v) is 8.65. The SMILES string of the molecule is CC(C)(C)C1=CN(c2cccc(C(C)(C)C)c2)CN1c1cc(B(c2ccccc2)c2ccc3c4ccccc4n(-c4cc(C(C)(C)C)ccn4)c3c2)cc(C(C)(C)C)c1. The summed E-state index contributed by atoms with van der Waals surface area (Å²) in [6.45, 7) is 28.4. The second-order valence-electron chi connectivity index (χ2n) is 20.8. The fourth-order valence-electron chi connectivity index (χ4n) is 8.65. The molecule has 3 heterocycles. The zero-order valence-corrected chi connectivity index (χ0v) is 37.4. The van der Waals surface area contributed by atoms with Crippen LogP contribution in [0.25, 0.3) is 27.6 Å². The Labute approximate surface area is 353 Å². The molecule has 0 atom stereocenters. The Morgan fingerprint density at radius 1 is 0.475 bits per heavy atom. The van der Waals surface area contributed by atoms with Crippen LogP contribution in [0.3, 0.4) is 0 Å². The van der Waals surface area contributed by atoms with Gasteiger partial charge >= 0.3 is 0 Å². The van der Waals surface area contributed by atoms with Crippen LogP contribution in [0, 0.1) is 5.41 Å². The van der Waals surface area contributed by atoms with Gasteiger partial charge in [-0.25, -0.2) is 4.98 Å². The molecule has 0 fully saturated rings. The molecule has 59 heavy (non-hydrogen) atoms. The van der Waals surface area contributed by atoms with E-state index in [0.717, 1.165) is 12.5 Å². The molecule has 8 rings (SSSR count). The summed E-state index contributed by atoms with van der Waals surface area (Å²) in [7, 11) is 0. The third-order valence-electron chi connectivity index (χ3n) is 12.1. The van der Waals surface area contributed by atoms with E-state index in [9.17, 15) is 0 Å². The normalized spacial score (nSPS) is 14.1. The highest BCUT2D eigenvalue weighted by atomic mass is 15.4. The first-order valence-electron chi connectivity index (χ1n) is 21.3. The highest BCUT2D eigenvalue weighted by Crippen LogP contribution is 2.40. The van der Waals surface area contributed by atoms with E-state index in [0.29, 0.717) is 0 Å². The number of nitrogens with zero attached hydrogens (tertiary/aromatic N) is 4. The average molecular weight is 777 g/mol. The smallest absolute Gasteiger partial charge is 0.241 e. The highest BCUT2D eigenvalue weighted by Gasteiger charge is 2.34. The lowest BCUT2D eigenvalue weighted by Gasteiger charge is -2.33. The monoisotopic (exact) mass is 776 g/mol. The van der Waals surface area contributed by atoms with Gasteiger partial charge < -0.3 is 9.80 Å². The molecule has 0 bridgehead atoms. The van der Waals surface area contributed by atoms with Gasteiger partial charge in [-0.3, -0.25) is 4.57 Å². The van der Waals surface area contributed by atoms with E-state index >= 15 is 0 Å². The van der Waals surface area contributed by atoms with E-state index in [1.165, 1.54) is 72.0 Å². The molecule has 7 aromatic rings. The highest BCUT2D eigenvalue weighted by molar-refractivity contribution is 6.95. The van der Waals surface area contributed by atoms with Crippen LogP contribution in [0.1, 0.15) is 99.8 Å². The molecule has 0 radical (unpaired) electrons. The van der Waals surface area contributed by atoms with Crippen molar-refractivity contribution in [2.75, 3.05) is 16.5 Å². The summed E-state index contributed by atoms with van der Waals surface area (Å²) in [5.74, 6) is 0.946. The van der Waals surface area contributed by atoms with Crippen molar-refractivity contribution in [3.63, 3.8) is 0 Å². The molecule has 5 heteroatoms. The van der Waals surface area contributed by atoms with Crippen LogP contribution >= 0.6 is 0 Å². The maximum atomic E-state index is 5.00. The molecule has 0 amide bonds. The predicted octanol–water partition coefficient (Wildman–Crippen LogP) is 11.8. The van der Waals surface area contributed by atoms with Crippen molar-refractivity contribution < 1.29 is 0 Å². The zero-order valence-electron chi connectivity index (χ0n) is 37.4. The minimum atomic E-state index is -0.0795. The second-order valence-corrected chi connectivity index (χ2v) is 20.8. The number of anilines is 2. The van der Waals surface area contributed by atoms with Gasteiger partial charge in [-0.05, 0) is 81.5 Å². The maximum absolute atomic E-state index is 5.00. The Bertz CT molecular complexity index is 2690. The van der Waals surface area contributed by atoms with E-state index in [4.69, 9.17) is 4.98 Å². The van der Waals surface area contributed by atoms with Crippen molar-refractivity contribution in [3.05, 3.63) is 162 Å². The first kappa shape index (κ1) is 40.2. The second kappa shape index (κ2) is 14.6. The van der Waals surface area contributed by atoms with Gasteiger partial charge in [0.2, 0.25) is 6.71 Å². The van der Waals surface area contributed by atoms with Gasteiger partial charge in [0.25, 0.3) is 0 Å². The molecule has 5 aromatic carbocycles. The van der Waals surface area contributed by atoms with Crippen LogP contribution < -0.4 is 26.2 Å². The number of para-hydroxylation sites is 1. The fraction of sp³-hybridized carbons (Fsp3) is 0.315. The van der Waals surface area contributed by atoms with Crippen molar-refractivity contribution in [3.8, 4) is 5.82 Å². The van der Waals surface area contributed by atoms with Gasteiger partial charge in [-0.2, -0.15) is 0 Å². The van der Waals surface area contributed by atoms with Crippen molar-refractivity contribution >= 4 is 56.3 Å². The summed E-state index contributed by atoms with van der Waals surface area (Å²) >= 11 is 0. The molecule has 300 valence electrons. The number of hydrogen-bond donors (Lipinski definition) is 0. The van der Waals surface area contributed by atoms with Crippen LogP contribution in [-0.4, -0.2) is 22.9 Å². The minimum absolute atomic E-state index is 0.000667. The number of rotatable bonds is 6. The van der Waals surface area contributed by atoms with E-state index in [-0.39, 0.29) is 28.4 Å². The summed E-state index contributed by atoms with van der Waals surface area (Å²) in [4.78, 5) is 9.99. The largest absolute Gasteiger partial charge is 0.328 e. The third kappa shape index (κ3) is 7.85. The quantitative estimate of drug-likeness (QED) is 0.157. The molecule has 0 N–H and O–H groups in total. The van der Waals surface area contributed by atoms with Gasteiger partial charge in [-0.15, -0.1) is 0 Å². The molecule has 0 spiro atoms. The molecule has 0 aliphatic carbocycles. The van der Waals surface area contributed by atoms with Gasteiger partial charge in [0.05, 0.1) is 17.7 Å². The molecule has 4 nitrogen and oxygen atoms in total. The third-order valence-corrected chi connectivity index (χ3v) is 12.1. The van der Waals surface area contributed by atoms with Gasteiger partial charge in [0, 0.05) is 45.7 Å². The van der Waals surface area contributed by atoms with Crippen molar-refractivity contribution in [2.45, 2.75) is 99.3 Å². The number of fused-ring (bicyclic) bond motifs is 3. The lowest BCUT2D eigenvalue weighted by molar-refractivity contribution is 0.492. The van der Waals surface area contributed by atoms with E-state index in [2.05, 4.69) is 231 Å². The Hall–Kier alpha value is -5.55. The first-order valence-corrected chi connectivity index (χ1v) is 21.3. The van der Waals surface area contributed by atoms with Crippen LogP contribution in [0.2, 0.25) is 0 Å². The minimum Gasteiger partial charge on any atom is -0.328 e. The lowest BCUT2D eigenvalue weighted by Crippen LogP contribution is -2.52. The molecule has 1 aliphatic rings. The van der Waals surface area contributed by atoms with Gasteiger partial charge in [-0.1, -0.05) is 178 Å². The van der Waals surface area contributed by atoms with Gasteiger partial charge in [0.15, 0.2) is 0 Å². The molecule has 1 aliphatic heterocycles.